The van der Waals surface area contributed by atoms with Crippen molar-refractivity contribution in [3.8, 4) is 0 Å². The maximum atomic E-state index is 12.9. The number of hydrogen-bond donors (Lipinski definition) is 5. The van der Waals surface area contributed by atoms with E-state index in [1.165, 1.54) is 18.2 Å². The molecule has 0 saturated carbocycles. The van der Waals surface area contributed by atoms with Crippen molar-refractivity contribution in [3.63, 3.8) is 0 Å². The average Bonchev–Trinajstić information content (AvgIpc) is 3.42. The summed E-state index contributed by atoms with van der Waals surface area (Å²) in [5.74, 6) is -2.71. The first kappa shape index (κ1) is 24.3. The maximum absolute atomic E-state index is 12.9. The third-order valence-electron chi connectivity index (χ3n) is 5.67. The largest absolute Gasteiger partial charge is 0.480 e. The minimum atomic E-state index is -1.06. The van der Waals surface area contributed by atoms with Crippen LogP contribution >= 0.6 is 0 Å². The summed E-state index contributed by atoms with van der Waals surface area (Å²) in [5, 5.41) is 14.6. The number of aliphatic carboxylic acids is 1. The zero-order chi connectivity index (χ0) is 23.1. The topological polar surface area (TPSA) is 171 Å². The molecule has 0 spiro atoms. The Bertz CT molecular complexity index is 783. The molecule has 1 aliphatic heterocycles. The van der Waals surface area contributed by atoms with Gasteiger partial charge in [-0.3, -0.25) is 14.4 Å². The predicted octanol–water partition coefficient (Wildman–Crippen LogP) is -0.609. The van der Waals surface area contributed by atoms with Crippen molar-refractivity contribution in [3.05, 3.63) is 18.2 Å². The minimum absolute atomic E-state index is 0.204. The second-order valence-corrected chi connectivity index (χ2v) is 8.02. The minimum Gasteiger partial charge on any atom is -0.480 e. The van der Waals surface area contributed by atoms with Gasteiger partial charge in [-0.15, -0.1) is 0 Å². The summed E-state index contributed by atoms with van der Waals surface area (Å²) in [6, 6.07) is -3.55. The van der Waals surface area contributed by atoms with E-state index in [0.717, 1.165) is 0 Å². The number of carbonyl (C=O) groups excluding carboxylic acids is 3. The number of nitrogens with two attached hydrogens (primary N) is 1. The molecule has 1 aromatic heterocycles. The van der Waals surface area contributed by atoms with Crippen molar-refractivity contribution in [1.29, 1.82) is 0 Å². The summed E-state index contributed by atoms with van der Waals surface area (Å²) in [4.78, 5) is 57.5. The van der Waals surface area contributed by atoms with Gasteiger partial charge >= 0.3 is 5.97 Å². The molecule has 0 bridgehead atoms. The van der Waals surface area contributed by atoms with Crippen LogP contribution in [0.1, 0.15) is 45.7 Å². The standard InChI is InChI=1S/C20H32N6O5/c1-4-11(2)16(25-17(27)14(21)8-13-9-22-10-23-13)18(28)24-12(3)19(29)26-7-5-6-15(26)20(30)31/h9-12,14-16H,4-8,21H2,1-3H3,(H,22,23)(H,24,28)(H,25,27)(H,30,31). The highest BCUT2D eigenvalue weighted by atomic mass is 16.4. The van der Waals surface area contributed by atoms with Crippen molar-refractivity contribution in [2.75, 3.05) is 6.54 Å². The highest BCUT2D eigenvalue weighted by molar-refractivity contribution is 5.94. The number of amides is 3. The second kappa shape index (κ2) is 10.9. The number of rotatable bonds is 10. The number of nitrogens with zero attached hydrogens (tertiary/aromatic N) is 2. The molecule has 0 aliphatic carbocycles. The Labute approximate surface area is 181 Å². The Morgan fingerprint density at radius 2 is 2.00 bits per heavy atom. The molecule has 11 heteroatoms. The third-order valence-corrected chi connectivity index (χ3v) is 5.67. The van der Waals surface area contributed by atoms with Gasteiger partial charge in [-0.1, -0.05) is 20.3 Å². The summed E-state index contributed by atoms with van der Waals surface area (Å²) >= 11 is 0. The zero-order valence-electron chi connectivity index (χ0n) is 18.1. The van der Waals surface area contributed by atoms with Crippen LogP contribution in [-0.4, -0.2) is 74.4 Å². The number of imidazole rings is 1. The van der Waals surface area contributed by atoms with E-state index in [9.17, 15) is 24.3 Å². The first-order chi connectivity index (χ1) is 14.6. The molecule has 0 aromatic carbocycles. The van der Waals surface area contributed by atoms with Crippen LogP contribution in [0.2, 0.25) is 0 Å². The molecule has 1 saturated heterocycles. The first-order valence-electron chi connectivity index (χ1n) is 10.5. The molecule has 5 unspecified atom stereocenters. The molecule has 3 amide bonds. The van der Waals surface area contributed by atoms with Crippen LogP contribution in [0.25, 0.3) is 0 Å². The summed E-state index contributed by atoms with van der Waals surface area (Å²) in [7, 11) is 0. The van der Waals surface area contributed by atoms with Gasteiger partial charge in [0.1, 0.15) is 18.1 Å². The summed E-state index contributed by atoms with van der Waals surface area (Å²) in [6.45, 7) is 5.55. The van der Waals surface area contributed by atoms with Crippen LogP contribution in [0.15, 0.2) is 12.5 Å². The summed E-state index contributed by atoms with van der Waals surface area (Å²) in [6.07, 6.45) is 4.90. The number of hydrogen-bond acceptors (Lipinski definition) is 6. The molecular formula is C20H32N6O5. The van der Waals surface area contributed by atoms with Crippen molar-refractivity contribution in [2.24, 2.45) is 11.7 Å². The van der Waals surface area contributed by atoms with Crippen LogP contribution in [0.4, 0.5) is 0 Å². The monoisotopic (exact) mass is 436 g/mol. The van der Waals surface area contributed by atoms with Gasteiger partial charge in [0.2, 0.25) is 17.7 Å². The smallest absolute Gasteiger partial charge is 0.326 e. The van der Waals surface area contributed by atoms with E-state index in [2.05, 4.69) is 20.6 Å². The Morgan fingerprint density at radius 3 is 2.58 bits per heavy atom. The number of carboxylic acid groups (broad SMARTS) is 1. The molecule has 11 nitrogen and oxygen atoms in total. The fourth-order valence-corrected chi connectivity index (χ4v) is 3.59. The third kappa shape index (κ3) is 6.27. The van der Waals surface area contributed by atoms with Gasteiger partial charge in [0.05, 0.1) is 12.4 Å². The Kier molecular flexibility index (Phi) is 8.55. The van der Waals surface area contributed by atoms with E-state index >= 15 is 0 Å². The van der Waals surface area contributed by atoms with Crippen LogP contribution in [0.3, 0.4) is 0 Å². The molecular weight excluding hydrogens is 404 g/mol. The molecule has 31 heavy (non-hydrogen) atoms. The molecule has 2 rings (SSSR count). The first-order valence-corrected chi connectivity index (χ1v) is 10.5. The maximum Gasteiger partial charge on any atom is 0.326 e. The van der Waals surface area contributed by atoms with Gasteiger partial charge in [-0.05, 0) is 25.7 Å². The molecule has 172 valence electrons. The fraction of sp³-hybridized carbons (Fsp3) is 0.650. The second-order valence-electron chi connectivity index (χ2n) is 8.02. The Morgan fingerprint density at radius 1 is 1.29 bits per heavy atom. The highest BCUT2D eigenvalue weighted by Crippen LogP contribution is 2.18. The van der Waals surface area contributed by atoms with Crippen molar-refractivity contribution in [1.82, 2.24) is 25.5 Å². The van der Waals surface area contributed by atoms with Gasteiger partial charge < -0.3 is 31.4 Å². The van der Waals surface area contributed by atoms with Gasteiger partial charge in [-0.25, -0.2) is 9.78 Å². The van der Waals surface area contributed by atoms with Crippen LogP contribution in [0, 0.1) is 5.92 Å². The van der Waals surface area contributed by atoms with E-state index in [1.54, 1.807) is 6.20 Å². The number of aromatic amines is 1. The lowest BCUT2D eigenvalue weighted by Crippen LogP contribution is -2.58. The predicted molar refractivity (Wildman–Crippen MR) is 112 cm³/mol. The Hall–Kier alpha value is -2.95. The molecule has 5 atom stereocenters. The average molecular weight is 437 g/mol. The van der Waals surface area contributed by atoms with Gasteiger partial charge in [0.15, 0.2) is 0 Å². The number of carboxylic acids is 1. The van der Waals surface area contributed by atoms with E-state index in [4.69, 9.17) is 5.73 Å². The summed E-state index contributed by atoms with van der Waals surface area (Å²) < 4.78 is 0. The lowest BCUT2D eigenvalue weighted by Gasteiger charge is -2.29. The lowest BCUT2D eigenvalue weighted by molar-refractivity contribution is -0.149. The normalized spacial score (nSPS) is 19.9. The zero-order valence-corrected chi connectivity index (χ0v) is 18.1. The van der Waals surface area contributed by atoms with Crippen molar-refractivity contribution < 1.29 is 24.3 Å². The van der Waals surface area contributed by atoms with Crippen LogP contribution in [-0.2, 0) is 25.6 Å². The molecule has 6 N–H and O–H groups in total. The van der Waals surface area contributed by atoms with Crippen LogP contribution in [0.5, 0.6) is 0 Å². The van der Waals surface area contributed by atoms with E-state index in [-0.39, 0.29) is 12.3 Å². The number of aromatic nitrogens is 2. The SMILES string of the molecule is CCC(C)C(NC(=O)C(N)Cc1cnc[nH]1)C(=O)NC(C)C(=O)N1CCCC1C(=O)O. The van der Waals surface area contributed by atoms with Crippen molar-refractivity contribution in [2.45, 2.75) is 70.6 Å². The molecule has 1 aliphatic rings. The van der Waals surface area contributed by atoms with E-state index < -0.39 is 47.9 Å². The lowest BCUT2D eigenvalue weighted by atomic mass is 9.97. The number of likely N-dealkylation sites (tertiary alicyclic amines) is 1. The number of nitrogens with one attached hydrogen (secondary N) is 3. The van der Waals surface area contributed by atoms with Gasteiger partial charge in [0.25, 0.3) is 0 Å². The quantitative estimate of drug-likeness (QED) is 0.326. The van der Waals surface area contributed by atoms with E-state index in [1.807, 2.05) is 13.8 Å². The van der Waals surface area contributed by atoms with Gasteiger partial charge in [0, 0.05) is 24.9 Å². The number of H-pyrrole nitrogens is 1. The van der Waals surface area contributed by atoms with E-state index in [0.29, 0.717) is 31.5 Å². The molecule has 1 aromatic rings. The highest BCUT2D eigenvalue weighted by Gasteiger charge is 2.37. The molecule has 2 heterocycles. The van der Waals surface area contributed by atoms with Crippen LogP contribution < -0.4 is 16.4 Å². The summed E-state index contributed by atoms with van der Waals surface area (Å²) in [5.41, 5.74) is 6.67. The Balaban J connectivity index is 2.00. The number of carbonyl (C=O) groups is 4. The molecule has 1 fully saturated rings. The fourth-order valence-electron chi connectivity index (χ4n) is 3.59. The van der Waals surface area contributed by atoms with Gasteiger partial charge in [-0.2, -0.15) is 0 Å². The van der Waals surface area contributed by atoms with Crippen molar-refractivity contribution >= 4 is 23.7 Å². The molecule has 0 radical (unpaired) electrons.